The molecule has 114 valence electrons. The fourth-order valence-corrected chi connectivity index (χ4v) is 3.12. The number of H-pyrrole nitrogens is 1. The number of anilines is 1. The second-order valence-corrected chi connectivity index (χ2v) is 5.91. The minimum absolute atomic E-state index is 0.422. The lowest BCUT2D eigenvalue weighted by atomic mass is 9.96. The topological polar surface area (TPSA) is 87.9 Å². The number of rotatable bonds is 2. The maximum Gasteiger partial charge on any atom is 0.203 e. The van der Waals surface area contributed by atoms with Crippen molar-refractivity contribution in [1.82, 2.24) is 25.0 Å². The highest BCUT2D eigenvalue weighted by molar-refractivity contribution is 5.76. The monoisotopic (exact) mass is 298 g/mol. The summed E-state index contributed by atoms with van der Waals surface area (Å²) >= 11 is 0. The van der Waals surface area contributed by atoms with Gasteiger partial charge in [0.2, 0.25) is 6.20 Å². The number of aryl methyl sites for hydroxylation is 1. The summed E-state index contributed by atoms with van der Waals surface area (Å²) in [6.07, 6.45) is 8.12. The van der Waals surface area contributed by atoms with E-state index in [1.807, 2.05) is 36.4 Å². The molecule has 1 unspecified atom stereocenters. The molecule has 0 aromatic carbocycles. The Kier molecular flexibility index (Phi) is 3.07. The van der Waals surface area contributed by atoms with E-state index in [0.717, 1.165) is 42.0 Å². The van der Waals surface area contributed by atoms with E-state index < -0.39 is 0 Å². The third kappa shape index (κ3) is 2.14. The Morgan fingerprint density at radius 3 is 3.09 bits per heavy atom. The number of aromatic nitrogens is 5. The minimum atomic E-state index is 0.422. The summed E-state index contributed by atoms with van der Waals surface area (Å²) in [5.74, 6) is 1.06. The van der Waals surface area contributed by atoms with Crippen molar-refractivity contribution in [2.45, 2.75) is 18.8 Å². The van der Waals surface area contributed by atoms with E-state index in [1.165, 1.54) is 6.42 Å². The predicted octanol–water partition coefficient (Wildman–Crippen LogP) is 0.598. The summed E-state index contributed by atoms with van der Waals surface area (Å²) in [7, 11) is 1.95. The molecule has 0 aliphatic carbocycles. The van der Waals surface area contributed by atoms with Gasteiger partial charge in [0.15, 0.2) is 12.7 Å². The fourth-order valence-electron chi connectivity index (χ4n) is 3.12. The number of fused-ring (bicyclic) bond motifs is 1. The van der Waals surface area contributed by atoms with Crippen LogP contribution < -0.4 is 15.7 Å². The Bertz CT molecular complexity index is 811. The molecule has 0 radical (unpaired) electrons. The Morgan fingerprint density at radius 1 is 1.45 bits per heavy atom. The van der Waals surface area contributed by atoms with Gasteiger partial charge in [-0.25, -0.2) is 4.98 Å². The van der Waals surface area contributed by atoms with E-state index in [9.17, 15) is 0 Å². The molecule has 7 heteroatoms. The third-order valence-electron chi connectivity index (χ3n) is 4.30. The second-order valence-electron chi connectivity index (χ2n) is 5.91. The number of piperidine rings is 1. The quantitative estimate of drug-likeness (QED) is 0.605. The number of hydrogen-bond acceptors (Lipinski definition) is 4. The van der Waals surface area contributed by atoms with E-state index in [4.69, 9.17) is 10.7 Å². The van der Waals surface area contributed by atoms with Crippen LogP contribution in [0, 0.1) is 0 Å². The van der Waals surface area contributed by atoms with Gasteiger partial charge in [-0.2, -0.15) is 14.7 Å². The minimum Gasteiger partial charge on any atom is -0.384 e. The number of nitrogens with zero attached hydrogens (tertiary/aromatic N) is 4. The van der Waals surface area contributed by atoms with Crippen LogP contribution in [0.5, 0.6) is 0 Å². The average Bonchev–Trinajstić information content (AvgIpc) is 3.14. The zero-order valence-electron chi connectivity index (χ0n) is 12.6. The molecule has 22 heavy (non-hydrogen) atoms. The molecular formula is C15H20N7+. The molecular weight excluding hydrogens is 278 g/mol. The summed E-state index contributed by atoms with van der Waals surface area (Å²) in [5.41, 5.74) is 10.1. The molecule has 4 rings (SSSR count). The van der Waals surface area contributed by atoms with Gasteiger partial charge in [-0.3, -0.25) is 0 Å². The van der Waals surface area contributed by atoms with Gasteiger partial charge in [0, 0.05) is 18.5 Å². The van der Waals surface area contributed by atoms with E-state index in [1.54, 1.807) is 4.52 Å². The van der Waals surface area contributed by atoms with Crippen molar-refractivity contribution in [3.8, 4) is 11.1 Å². The number of nitrogen functional groups attached to an aromatic ring is 1. The fraction of sp³-hybridized carbons (Fsp3) is 0.400. The van der Waals surface area contributed by atoms with Gasteiger partial charge in [0.25, 0.3) is 0 Å². The van der Waals surface area contributed by atoms with Crippen LogP contribution in [0.15, 0.2) is 24.7 Å². The van der Waals surface area contributed by atoms with Gasteiger partial charge in [-0.05, 0) is 19.4 Å². The standard InChI is InChI=1S/C15H19N7/c1-21-9-11(7-18-21)12-8-19-22-14(16)5-13(20-15(12)22)10-3-2-4-17-6-10/h5,7-10,17H,2-4,6H2,1H3,(H2,16,19,20)/p+1. The first-order valence-electron chi connectivity index (χ1n) is 7.61. The largest absolute Gasteiger partial charge is 0.384 e. The average molecular weight is 298 g/mol. The van der Waals surface area contributed by atoms with Crippen molar-refractivity contribution in [1.29, 1.82) is 0 Å². The van der Waals surface area contributed by atoms with Crippen LogP contribution >= 0.6 is 0 Å². The summed E-state index contributed by atoms with van der Waals surface area (Å²) in [6, 6.07) is 1.96. The molecule has 1 fully saturated rings. The molecule has 4 heterocycles. The molecule has 1 aliphatic rings. The number of aromatic amines is 1. The molecule has 7 nitrogen and oxygen atoms in total. The van der Waals surface area contributed by atoms with Gasteiger partial charge < -0.3 is 11.1 Å². The first kappa shape index (κ1) is 13.3. The number of nitrogens with two attached hydrogens (primary N) is 1. The van der Waals surface area contributed by atoms with Crippen LogP contribution in [0.4, 0.5) is 5.82 Å². The lowest BCUT2D eigenvalue weighted by Gasteiger charge is -2.22. The summed E-state index contributed by atoms with van der Waals surface area (Å²) in [6.45, 7) is 2.05. The highest BCUT2D eigenvalue weighted by Crippen LogP contribution is 2.28. The summed E-state index contributed by atoms with van der Waals surface area (Å²) < 4.78 is 3.61. The first-order valence-corrected chi connectivity index (χ1v) is 7.61. The van der Waals surface area contributed by atoms with Crippen LogP contribution in [0.3, 0.4) is 0 Å². The van der Waals surface area contributed by atoms with Crippen molar-refractivity contribution < 1.29 is 4.68 Å². The van der Waals surface area contributed by atoms with Gasteiger partial charge in [-0.15, -0.1) is 4.68 Å². The van der Waals surface area contributed by atoms with Crippen LogP contribution in [0.1, 0.15) is 24.5 Å². The molecule has 0 bridgehead atoms. The molecule has 1 saturated heterocycles. The van der Waals surface area contributed by atoms with Crippen LogP contribution in [0.25, 0.3) is 16.8 Å². The Hall–Kier alpha value is -2.41. The number of nitrogens with one attached hydrogen (secondary N) is 2. The van der Waals surface area contributed by atoms with Gasteiger partial charge >= 0.3 is 0 Å². The normalized spacial score (nSPS) is 18.9. The Labute approximate surface area is 128 Å². The van der Waals surface area contributed by atoms with E-state index in [2.05, 4.69) is 15.5 Å². The van der Waals surface area contributed by atoms with E-state index in [0.29, 0.717) is 11.7 Å². The smallest absolute Gasteiger partial charge is 0.203 e. The maximum absolute atomic E-state index is 6.19. The van der Waals surface area contributed by atoms with Crippen LogP contribution in [-0.2, 0) is 7.05 Å². The SMILES string of the molecule is C[n+]1cc(-c2cnn3c(N)cc(C4CCCNC4)nc23)c[nH]1. The van der Waals surface area contributed by atoms with Crippen LogP contribution in [-0.4, -0.2) is 32.8 Å². The first-order chi connectivity index (χ1) is 10.7. The zero-order chi connectivity index (χ0) is 15.1. The van der Waals surface area contributed by atoms with Crippen molar-refractivity contribution in [2.24, 2.45) is 7.05 Å². The highest BCUT2D eigenvalue weighted by Gasteiger charge is 2.20. The third-order valence-corrected chi connectivity index (χ3v) is 4.30. The predicted molar refractivity (Wildman–Crippen MR) is 83.2 cm³/mol. The molecule has 4 N–H and O–H groups in total. The molecule has 3 aromatic heterocycles. The molecule has 0 spiro atoms. The summed E-state index contributed by atoms with van der Waals surface area (Å²) in [5, 5.41) is 10.9. The Morgan fingerprint density at radius 2 is 2.36 bits per heavy atom. The van der Waals surface area contributed by atoms with Gasteiger partial charge in [-0.1, -0.05) is 0 Å². The van der Waals surface area contributed by atoms with Crippen molar-refractivity contribution >= 4 is 11.5 Å². The summed E-state index contributed by atoms with van der Waals surface area (Å²) in [4.78, 5) is 4.86. The van der Waals surface area contributed by atoms with E-state index >= 15 is 0 Å². The van der Waals surface area contributed by atoms with E-state index in [-0.39, 0.29) is 0 Å². The molecule has 3 aromatic rings. The lowest BCUT2D eigenvalue weighted by Crippen LogP contribution is -2.29. The van der Waals surface area contributed by atoms with Crippen molar-refractivity contribution in [2.75, 3.05) is 18.8 Å². The van der Waals surface area contributed by atoms with Crippen molar-refractivity contribution in [3.63, 3.8) is 0 Å². The molecule has 0 saturated carbocycles. The number of hydrogen-bond donors (Lipinski definition) is 3. The zero-order valence-corrected chi connectivity index (χ0v) is 12.6. The van der Waals surface area contributed by atoms with Gasteiger partial charge in [0.1, 0.15) is 5.82 Å². The maximum atomic E-state index is 6.19. The Balaban J connectivity index is 1.84. The second kappa shape index (κ2) is 5.10. The molecule has 1 atom stereocenters. The lowest BCUT2D eigenvalue weighted by molar-refractivity contribution is -0.726. The highest BCUT2D eigenvalue weighted by atomic mass is 15.3. The molecule has 0 amide bonds. The van der Waals surface area contributed by atoms with Crippen LogP contribution in [0.2, 0.25) is 0 Å². The molecule has 1 aliphatic heterocycles. The van der Waals surface area contributed by atoms with Gasteiger partial charge in [0.05, 0.1) is 29.2 Å². The van der Waals surface area contributed by atoms with Crippen molar-refractivity contribution in [3.05, 3.63) is 30.4 Å².